The molecular weight excluding hydrogens is 572 g/mol. The Hall–Kier alpha value is -6.00. The molecule has 0 atom stereocenters. The zero-order chi connectivity index (χ0) is 31.7. The number of amides is 3. The topological polar surface area (TPSA) is 84.7 Å². The second-order valence-electron chi connectivity index (χ2n) is 11.4. The molecule has 46 heavy (non-hydrogen) atoms. The highest BCUT2D eigenvalue weighted by molar-refractivity contribution is 6.23. The Morgan fingerprint density at radius 3 is 1.65 bits per heavy atom. The molecule has 2 aliphatic heterocycles. The van der Waals surface area contributed by atoms with E-state index < -0.39 is 17.4 Å². The Balaban J connectivity index is 1.24. The van der Waals surface area contributed by atoms with Gasteiger partial charge in [0.1, 0.15) is 11.6 Å². The number of fused-ring (bicyclic) bond motifs is 1. The molecule has 0 unspecified atom stereocenters. The minimum Gasteiger partial charge on any atom is -0.367 e. The molecule has 224 valence electrons. The van der Waals surface area contributed by atoms with E-state index in [0.29, 0.717) is 37.3 Å². The highest BCUT2D eigenvalue weighted by atomic mass is 16.2. The molecule has 2 aliphatic rings. The summed E-state index contributed by atoms with van der Waals surface area (Å²) in [6.07, 6.45) is 0. The lowest BCUT2D eigenvalue weighted by Gasteiger charge is -2.42. The lowest BCUT2D eigenvalue weighted by molar-refractivity contribution is 0.0530. The molecule has 1 saturated heterocycles. The molecule has 0 N–H and O–H groups in total. The van der Waals surface area contributed by atoms with Crippen LogP contribution in [0.3, 0.4) is 0 Å². The van der Waals surface area contributed by atoms with E-state index in [4.69, 9.17) is 0 Å². The molecule has 5 aromatic carbocycles. The number of nitriles is 1. The first kappa shape index (κ1) is 28.8. The Labute approximate surface area is 267 Å². The van der Waals surface area contributed by atoms with Crippen molar-refractivity contribution in [1.29, 1.82) is 5.26 Å². The first-order valence-electron chi connectivity index (χ1n) is 15.3. The molecule has 7 rings (SSSR count). The van der Waals surface area contributed by atoms with Crippen LogP contribution < -0.4 is 4.90 Å². The number of carbonyl (C=O) groups excluding carboxylic acids is 3. The first-order valence-corrected chi connectivity index (χ1v) is 15.3. The number of rotatable bonds is 6. The molecule has 0 radical (unpaired) electrons. The van der Waals surface area contributed by atoms with Crippen LogP contribution in [0.25, 0.3) is 0 Å². The minimum absolute atomic E-state index is 0.199. The van der Waals surface area contributed by atoms with Gasteiger partial charge in [-0.3, -0.25) is 19.3 Å². The molecule has 0 spiro atoms. The van der Waals surface area contributed by atoms with E-state index in [2.05, 4.69) is 11.0 Å². The number of hydrogen-bond donors (Lipinski definition) is 0. The number of piperazine rings is 1. The van der Waals surface area contributed by atoms with Gasteiger partial charge in [-0.25, -0.2) is 0 Å². The van der Waals surface area contributed by atoms with Crippen molar-refractivity contribution in [3.63, 3.8) is 0 Å². The van der Waals surface area contributed by atoms with E-state index in [0.717, 1.165) is 22.4 Å². The van der Waals surface area contributed by atoms with Gasteiger partial charge in [0.05, 0.1) is 22.4 Å². The Bertz CT molecular complexity index is 1880. The maximum Gasteiger partial charge on any atom is 0.262 e. The third-order valence-electron chi connectivity index (χ3n) is 8.98. The standard InChI is InChI=1S/C39H30N4O3/c40-27-29-12-10-11-19-35(29)41-22-24-42(25-23-41)36(44)28-20-21-33-34(26-28)38(46)43(37(33)45)39(30-13-4-1-5-14-30,31-15-6-2-7-16-31)32-17-8-3-9-18-32/h1-21,26H,22-25H2. The number of benzene rings is 5. The second-order valence-corrected chi connectivity index (χ2v) is 11.4. The molecule has 1 fully saturated rings. The fraction of sp³-hybridized carbons (Fsp3) is 0.128. The van der Waals surface area contributed by atoms with Crippen molar-refractivity contribution in [2.75, 3.05) is 31.1 Å². The summed E-state index contributed by atoms with van der Waals surface area (Å²) in [6, 6.07) is 43.3. The smallest absolute Gasteiger partial charge is 0.262 e. The summed E-state index contributed by atoms with van der Waals surface area (Å²) in [5, 5.41) is 9.52. The predicted molar refractivity (Wildman–Crippen MR) is 175 cm³/mol. The van der Waals surface area contributed by atoms with E-state index in [1.807, 2.05) is 109 Å². The van der Waals surface area contributed by atoms with Gasteiger partial charge in [-0.15, -0.1) is 0 Å². The van der Waals surface area contributed by atoms with Gasteiger partial charge in [0.25, 0.3) is 17.7 Å². The normalized spacial score (nSPS) is 14.6. The quantitative estimate of drug-likeness (QED) is 0.173. The van der Waals surface area contributed by atoms with Gasteiger partial charge in [0, 0.05) is 31.7 Å². The third kappa shape index (κ3) is 4.63. The zero-order valence-corrected chi connectivity index (χ0v) is 25.0. The van der Waals surface area contributed by atoms with E-state index >= 15 is 0 Å². The van der Waals surface area contributed by atoms with Crippen LogP contribution in [0.2, 0.25) is 0 Å². The molecule has 7 nitrogen and oxygen atoms in total. The Morgan fingerprint density at radius 1 is 0.609 bits per heavy atom. The molecule has 5 aromatic rings. The SMILES string of the molecule is N#Cc1ccccc1N1CCN(C(=O)c2ccc3c(c2)C(=O)N(C(c2ccccc2)(c2ccccc2)c2ccccc2)C3=O)CC1. The van der Waals surface area contributed by atoms with Crippen molar-refractivity contribution in [2.45, 2.75) is 5.54 Å². The van der Waals surface area contributed by atoms with Gasteiger partial charge >= 0.3 is 0 Å². The van der Waals surface area contributed by atoms with Gasteiger partial charge < -0.3 is 9.80 Å². The van der Waals surface area contributed by atoms with Gasteiger partial charge in [0.15, 0.2) is 0 Å². The van der Waals surface area contributed by atoms with Crippen molar-refractivity contribution in [3.05, 3.63) is 172 Å². The zero-order valence-electron chi connectivity index (χ0n) is 25.0. The first-order chi connectivity index (χ1) is 22.5. The number of anilines is 1. The summed E-state index contributed by atoms with van der Waals surface area (Å²) < 4.78 is 0. The summed E-state index contributed by atoms with van der Waals surface area (Å²) in [5.74, 6) is -1.07. The number of carbonyl (C=O) groups is 3. The van der Waals surface area contributed by atoms with Crippen LogP contribution in [0.4, 0.5) is 5.69 Å². The molecule has 0 aromatic heterocycles. The van der Waals surface area contributed by atoms with Crippen LogP contribution in [0, 0.1) is 11.3 Å². The van der Waals surface area contributed by atoms with Crippen LogP contribution in [-0.4, -0.2) is 53.7 Å². The van der Waals surface area contributed by atoms with Crippen molar-refractivity contribution in [3.8, 4) is 6.07 Å². The number of hydrogen-bond acceptors (Lipinski definition) is 5. The molecule has 2 heterocycles. The third-order valence-corrected chi connectivity index (χ3v) is 8.98. The maximum absolute atomic E-state index is 14.5. The van der Waals surface area contributed by atoms with Crippen LogP contribution in [-0.2, 0) is 5.54 Å². The van der Waals surface area contributed by atoms with Gasteiger partial charge in [-0.1, -0.05) is 103 Å². The monoisotopic (exact) mass is 602 g/mol. The van der Waals surface area contributed by atoms with E-state index in [1.54, 1.807) is 29.2 Å². The van der Waals surface area contributed by atoms with Gasteiger partial charge in [-0.05, 0) is 47.0 Å². The fourth-order valence-electron chi connectivity index (χ4n) is 6.78. The molecule has 7 heteroatoms. The van der Waals surface area contributed by atoms with Crippen LogP contribution >= 0.6 is 0 Å². The average Bonchev–Trinajstić information content (AvgIpc) is 3.38. The number of para-hydroxylation sites is 1. The van der Waals surface area contributed by atoms with E-state index in [1.165, 1.54) is 4.90 Å². The summed E-state index contributed by atoms with van der Waals surface area (Å²) in [7, 11) is 0. The molecule has 0 aliphatic carbocycles. The predicted octanol–water partition coefficient (Wildman–Crippen LogP) is 6.11. The lowest BCUT2D eigenvalue weighted by Crippen LogP contribution is -2.51. The second kappa shape index (κ2) is 11.8. The van der Waals surface area contributed by atoms with Crippen molar-refractivity contribution < 1.29 is 14.4 Å². The number of imide groups is 1. The lowest BCUT2D eigenvalue weighted by atomic mass is 9.75. The Morgan fingerprint density at radius 2 is 1.11 bits per heavy atom. The highest BCUT2D eigenvalue weighted by Gasteiger charge is 2.52. The van der Waals surface area contributed by atoms with Crippen LogP contribution in [0.15, 0.2) is 133 Å². The summed E-state index contributed by atoms with van der Waals surface area (Å²) in [5.41, 5.74) is 3.37. The average molecular weight is 603 g/mol. The summed E-state index contributed by atoms with van der Waals surface area (Å²) in [6.45, 7) is 2.09. The van der Waals surface area contributed by atoms with E-state index in [-0.39, 0.29) is 17.0 Å². The minimum atomic E-state index is -1.25. The molecular formula is C39H30N4O3. The highest BCUT2D eigenvalue weighted by Crippen LogP contribution is 2.46. The van der Waals surface area contributed by atoms with Gasteiger partial charge in [-0.2, -0.15) is 5.26 Å². The van der Waals surface area contributed by atoms with Crippen molar-refractivity contribution >= 4 is 23.4 Å². The van der Waals surface area contributed by atoms with Crippen molar-refractivity contribution in [1.82, 2.24) is 9.80 Å². The Kier molecular flexibility index (Phi) is 7.39. The molecule has 0 saturated carbocycles. The van der Waals surface area contributed by atoms with Gasteiger partial charge in [0.2, 0.25) is 0 Å². The number of nitrogens with zero attached hydrogens (tertiary/aromatic N) is 4. The maximum atomic E-state index is 14.5. The molecule has 3 amide bonds. The van der Waals surface area contributed by atoms with Crippen LogP contribution in [0.5, 0.6) is 0 Å². The van der Waals surface area contributed by atoms with E-state index in [9.17, 15) is 19.6 Å². The fourth-order valence-corrected chi connectivity index (χ4v) is 6.78. The summed E-state index contributed by atoms with van der Waals surface area (Å²) >= 11 is 0. The molecule has 0 bridgehead atoms. The van der Waals surface area contributed by atoms with Crippen LogP contribution in [0.1, 0.15) is 53.3 Å². The summed E-state index contributed by atoms with van der Waals surface area (Å²) in [4.78, 5) is 47.9. The van der Waals surface area contributed by atoms with Crippen molar-refractivity contribution in [2.24, 2.45) is 0 Å². The largest absolute Gasteiger partial charge is 0.367 e.